The van der Waals surface area contributed by atoms with Gasteiger partial charge in [-0.25, -0.2) is 0 Å². The summed E-state index contributed by atoms with van der Waals surface area (Å²) in [6, 6.07) is 3.17. The summed E-state index contributed by atoms with van der Waals surface area (Å²) >= 11 is 0. The Morgan fingerprint density at radius 3 is 2.62 bits per heavy atom. The third-order valence-corrected chi connectivity index (χ3v) is 4.74. The summed E-state index contributed by atoms with van der Waals surface area (Å²) in [5.41, 5.74) is 3.29. The fourth-order valence-corrected chi connectivity index (χ4v) is 3.46. The van der Waals surface area contributed by atoms with Gasteiger partial charge in [0.15, 0.2) is 0 Å². The van der Waals surface area contributed by atoms with Gasteiger partial charge in [0.2, 0.25) is 0 Å². The molecule has 1 aromatic rings. The normalized spacial score (nSPS) is 22.0. The fourth-order valence-electron chi connectivity index (χ4n) is 3.46. The van der Waals surface area contributed by atoms with Crippen LogP contribution in [0.1, 0.15) is 53.5 Å². The van der Waals surface area contributed by atoms with Crippen molar-refractivity contribution in [2.45, 2.75) is 51.6 Å². The number of carbonyl (C=O) groups is 1. The van der Waals surface area contributed by atoms with E-state index in [2.05, 4.69) is 29.8 Å². The summed E-state index contributed by atoms with van der Waals surface area (Å²) in [4.78, 5) is 14.8. The molecule has 3 rings (SSSR count). The highest BCUT2D eigenvalue weighted by molar-refractivity contribution is 5.95. The number of aryl methyl sites for hydroxylation is 1. The largest absolute Gasteiger partial charge is 0.345 e. The SMILES string of the molecule is CNC1CCCN(C(=O)c2cc(C)n(C3CC3)c2C)C1.Cl. The summed E-state index contributed by atoms with van der Waals surface area (Å²) in [7, 11) is 1.98. The highest BCUT2D eigenvalue weighted by Crippen LogP contribution is 2.38. The van der Waals surface area contributed by atoms with Crippen LogP contribution in [0, 0.1) is 13.8 Å². The first-order valence-corrected chi connectivity index (χ1v) is 7.76. The number of halogens is 1. The third-order valence-electron chi connectivity index (χ3n) is 4.74. The van der Waals surface area contributed by atoms with Crippen molar-refractivity contribution in [3.63, 3.8) is 0 Å². The number of nitrogens with zero attached hydrogens (tertiary/aromatic N) is 2. The number of aromatic nitrogens is 1. The highest BCUT2D eigenvalue weighted by atomic mass is 35.5. The molecule has 5 heteroatoms. The molecule has 0 aromatic carbocycles. The second kappa shape index (κ2) is 6.41. The lowest BCUT2D eigenvalue weighted by Gasteiger charge is -2.32. The molecule has 1 aliphatic heterocycles. The van der Waals surface area contributed by atoms with Gasteiger partial charge in [0, 0.05) is 36.6 Å². The lowest BCUT2D eigenvalue weighted by molar-refractivity contribution is 0.0697. The molecule has 2 heterocycles. The molecule has 1 amide bonds. The smallest absolute Gasteiger partial charge is 0.255 e. The maximum Gasteiger partial charge on any atom is 0.255 e. The monoisotopic (exact) mass is 311 g/mol. The topological polar surface area (TPSA) is 37.3 Å². The minimum Gasteiger partial charge on any atom is -0.345 e. The standard InChI is InChI=1S/C16H25N3O.ClH/c1-11-9-15(12(2)19(11)14-6-7-14)16(20)18-8-4-5-13(10-18)17-3;/h9,13-14,17H,4-8,10H2,1-3H3;1H. The zero-order valence-electron chi connectivity index (χ0n) is 13.2. The fraction of sp³-hybridized carbons (Fsp3) is 0.688. The van der Waals surface area contributed by atoms with Gasteiger partial charge >= 0.3 is 0 Å². The first kappa shape index (κ1) is 16.4. The Hall–Kier alpha value is -1.00. The van der Waals surface area contributed by atoms with Crippen molar-refractivity contribution < 1.29 is 4.79 Å². The summed E-state index contributed by atoms with van der Waals surface area (Å²) in [6.45, 7) is 5.94. The van der Waals surface area contributed by atoms with E-state index in [1.165, 1.54) is 25.0 Å². The molecular weight excluding hydrogens is 286 g/mol. The van der Waals surface area contributed by atoms with Crippen LogP contribution in [-0.4, -0.2) is 41.6 Å². The summed E-state index contributed by atoms with van der Waals surface area (Å²) in [5, 5.41) is 3.30. The van der Waals surface area contributed by atoms with Gasteiger partial charge in [-0.2, -0.15) is 0 Å². The molecule has 0 bridgehead atoms. The molecule has 21 heavy (non-hydrogen) atoms. The van der Waals surface area contributed by atoms with Crippen molar-refractivity contribution in [1.82, 2.24) is 14.8 Å². The number of hydrogen-bond donors (Lipinski definition) is 1. The Kier molecular flexibility index (Phi) is 4.99. The lowest BCUT2D eigenvalue weighted by atomic mass is 10.0. The predicted octanol–water partition coefficient (Wildman–Crippen LogP) is 2.69. The van der Waals surface area contributed by atoms with Gasteiger partial charge in [0.25, 0.3) is 5.91 Å². The van der Waals surface area contributed by atoms with Crippen LogP contribution in [0.25, 0.3) is 0 Å². The first-order valence-electron chi connectivity index (χ1n) is 7.76. The van der Waals surface area contributed by atoms with Crippen LogP contribution >= 0.6 is 12.4 Å². The van der Waals surface area contributed by atoms with Gasteiger partial charge in [-0.3, -0.25) is 4.79 Å². The second-order valence-corrected chi connectivity index (χ2v) is 6.26. The molecule has 1 aromatic heterocycles. The van der Waals surface area contributed by atoms with E-state index in [9.17, 15) is 4.79 Å². The van der Waals surface area contributed by atoms with E-state index in [0.717, 1.165) is 30.8 Å². The Balaban J connectivity index is 0.00000161. The van der Waals surface area contributed by atoms with Crippen molar-refractivity contribution in [2.75, 3.05) is 20.1 Å². The molecule has 1 saturated carbocycles. The molecule has 2 aliphatic rings. The van der Waals surface area contributed by atoms with Crippen molar-refractivity contribution in [2.24, 2.45) is 0 Å². The van der Waals surface area contributed by atoms with Crippen molar-refractivity contribution in [1.29, 1.82) is 0 Å². The molecule has 1 unspecified atom stereocenters. The van der Waals surface area contributed by atoms with Gasteiger partial charge in [0.1, 0.15) is 0 Å². The molecular formula is C16H26ClN3O. The summed E-state index contributed by atoms with van der Waals surface area (Å²) < 4.78 is 2.35. The number of carbonyl (C=O) groups excluding carboxylic acids is 1. The Labute approximate surface area is 133 Å². The highest BCUT2D eigenvalue weighted by Gasteiger charge is 2.30. The molecule has 0 spiro atoms. The molecule has 1 N–H and O–H groups in total. The molecule has 1 aliphatic carbocycles. The predicted molar refractivity (Wildman–Crippen MR) is 87.4 cm³/mol. The summed E-state index contributed by atoms with van der Waals surface area (Å²) in [5.74, 6) is 0.213. The van der Waals surface area contributed by atoms with Crippen molar-refractivity contribution in [3.8, 4) is 0 Å². The second-order valence-electron chi connectivity index (χ2n) is 6.26. The minimum atomic E-state index is 0. The average molecular weight is 312 g/mol. The Bertz CT molecular complexity index is 522. The lowest BCUT2D eigenvalue weighted by Crippen LogP contribution is -2.47. The van der Waals surface area contributed by atoms with E-state index in [1.807, 2.05) is 11.9 Å². The number of likely N-dealkylation sites (N-methyl/N-ethyl adjacent to an activating group) is 1. The van der Waals surface area contributed by atoms with Gasteiger partial charge in [0.05, 0.1) is 5.56 Å². The Morgan fingerprint density at radius 2 is 2.00 bits per heavy atom. The van der Waals surface area contributed by atoms with Crippen LogP contribution in [0.3, 0.4) is 0 Å². The van der Waals surface area contributed by atoms with Crippen LogP contribution in [0.4, 0.5) is 0 Å². The number of amides is 1. The molecule has 1 saturated heterocycles. The number of likely N-dealkylation sites (tertiary alicyclic amines) is 1. The van der Waals surface area contributed by atoms with E-state index < -0.39 is 0 Å². The van der Waals surface area contributed by atoms with Crippen molar-refractivity contribution >= 4 is 18.3 Å². The summed E-state index contributed by atoms with van der Waals surface area (Å²) in [6.07, 6.45) is 4.78. The van der Waals surface area contributed by atoms with Crippen LogP contribution < -0.4 is 5.32 Å². The number of hydrogen-bond acceptors (Lipinski definition) is 2. The van der Waals surface area contributed by atoms with Crippen LogP contribution in [-0.2, 0) is 0 Å². The molecule has 0 radical (unpaired) electrons. The van der Waals surface area contributed by atoms with Crippen LogP contribution in [0.5, 0.6) is 0 Å². The minimum absolute atomic E-state index is 0. The number of rotatable bonds is 3. The van der Waals surface area contributed by atoms with Crippen molar-refractivity contribution in [3.05, 3.63) is 23.0 Å². The zero-order valence-corrected chi connectivity index (χ0v) is 14.0. The first-order chi connectivity index (χ1) is 9.61. The number of nitrogens with one attached hydrogen (secondary N) is 1. The average Bonchev–Trinajstić information content (AvgIpc) is 3.24. The van der Waals surface area contributed by atoms with E-state index in [1.54, 1.807) is 0 Å². The maximum atomic E-state index is 12.8. The van der Waals surface area contributed by atoms with Gasteiger partial charge in [-0.05, 0) is 52.6 Å². The zero-order chi connectivity index (χ0) is 14.3. The van der Waals surface area contributed by atoms with Crippen LogP contribution in [0.15, 0.2) is 6.07 Å². The third kappa shape index (κ3) is 3.11. The van der Waals surface area contributed by atoms with E-state index in [-0.39, 0.29) is 18.3 Å². The quantitative estimate of drug-likeness (QED) is 0.932. The van der Waals surface area contributed by atoms with Gasteiger partial charge < -0.3 is 14.8 Å². The molecule has 4 nitrogen and oxygen atoms in total. The molecule has 118 valence electrons. The van der Waals surface area contributed by atoms with E-state index >= 15 is 0 Å². The number of piperidine rings is 1. The van der Waals surface area contributed by atoms with E-state index in [4.69, 9.17) is 0 Å². The van der Waals surface area contributed by atoms with E-state index in [0.29, 0.717) is 12.1 Å². The Morgan fingerprint density at radius 1 is 1.29 bits per heavy atom. The maximum absolute atomic E-state index is 12.8. The molecule has 1 atom stereocenters. The molecule has 2 fully saturated rings. The van der Waals surface area contributed by atoms with Gasteiger partial charge in [-0.15, -0.1) is 12.4 Å². The van der Waals surface area contributed by atoms with Crippen LogP contribution in [0.2, 0.25) is 0 Å². The van der Waals surface area contributed by atoms with Gasteiger partial charge in [-0.1, -0.05) is 0 Å².